The van der Waals surface area contributed by atoms with Gasteiger partial charge in [0.15, 0.2) is 5.13 Å². The molecule has 6 nitrogen and oxygen atoms in total. The number of ketones is 1. The van der Waals surface area contributed by atoms with Gasteiger partial charge in [0.1, 0.15) is 11.5 Å². The lowest BCUT2D eigenvalue weighted by molar-refractivity contribution is -0.132. The van der Waals surface area contributed by atoms with Crippen LogP contribution in [0, 0.1) is 6.92 Å². The summed E-state index contributed by atoms with van der Waals surface area (Å²) in [5.74, 6) is -1.72. The maximum Gasteiger partial charge on any atom is 0.301 e. The molecule has 2 N–H and O–H groups in total. The number of benzene rings is 3. The zero-order valence-corrected chi connectivity index (χ0v) is 17.8. The minimum Gasteiger partial charge on any atom is -0.508 e. The summed E-state index contributed by atoms with van der Waals surface area (Å²) in [6.45, 7) is 1.92. The SMILES string of the molecule is Cc1ccc(C(O)=C2C(=O)C(=O)N(c3nc4ccccc4s3)C2c2ccc(O)cc2)cc1. The number of carbonyl (C=O) groups excluding carboxylic acids is 2. The molecular formula is C25H18N2O4S. The number of Topliss-reactive ketones (excluding diaryl/α,β-unsaturated/α-hetero) is 1. The Kier molecular flexibility index (Phi) is 4.75. The van der Waals surface area contributed by atoms with Crippen molar-refractivity contribution in [1.82, 2.24) is 4.98 Å². The van der Waals surface area contributed by atoms with Crippen molar-refractivity contribution in [3.63, 3.8) is 0 Å². The molecule has 0 bridgehead atoms. The molecule has 3 aromatic carbocycles. The Bertz CT molecular complexity index is 1350. The molecule has 1 aromatic heterocycles. The van der Waals surface area contributed by atoms with Gasteiger partial charge in [-0.2, -0.15) is 0 Å². The van der Waals surface area contributed by atoms with Crippen molar-refractivity contribution in [2.75, 3.05) is 4.90 Å². The third-order valence-electron chi connectivity index (χ3n) is 5.47. The molecule has 5 rings (SSSR count). The molecule has 0 spiro atoms. The van der Waals surface area contributed by atoms with Crippen molar-refractivity contribution >= 4 is 44.1 Å². The molecule has 4 aromatic rings. The number of anilines is 1. The topological polar surface area (TPSA) is 90.7 Å². The van der Waals surface area contributed by atoms with Gasteiger partial charge in [-0.3, -0.25) is 14.5 Å². The van der Waals surface area contributed by atoms with Crippen molar-refractivity contribution in [1.29, 1.82) is 0 Å². The molecule has 1 amide bonds. The summed E-state index contributed by atoms with van der Waals surface area (Å²) in [4.78, 5) is 32.2. The van der Waals surface area contributed by atoms with Crippen molar-refractivity contribution in [3.05, 3.63) is 95.1 Å². The van der Waals surface area contributed by atoms with E-state index in [1.54, 1.807) is 24.3 Å². The molecule has 0 radical (unpaired) electrons. The summed E-state index contributed by atoms with van der Waals surface area (Å²) in [6.07, 6.45) is 0. The smallest absolute Gasteiger partial charge is 0.301 e. The quantitative estimate of drug-likeness (QED) is 0.267. The highest BCUT2D eigenvalue weighted by Gasteiger charge is 2.48. The van der Waals surface area contributed by atoms with Crippen LogP contribution in [0.3, 0.4) is 0 Å². The van der Waals surface area contributed by atoms with Crippen molar-refractivity contribution in [2.45, 2.75) is 13.0 Å². The van der Waals surface area contributed by atoms with Crippen molar-refractivity contribution < 1.29 is 19.8 Å². The first-order valence-electron chi connectivity index (χ1n) is 9.96. The number of nitrogens with zero attached hydrogens (tertiary/aromatic N) is 2. The lowest BCUT2D eigenvalue weighted by Gasteiger charge is -2.23. The summed E-state index contributed by atoms with van der Waals surface area (Å²) >= 11 is 1.30. The molecule has 1 unspecified atom stereocenters. The molecule has 7 heteroatoms. The molecular weight excluding hydrogens is 424 g/mol. The van der Waals surface area contributed by atoms with Crippen LogP contribution in [0.25, 0.3) is 16.0 Å². The molecule has 0 aliphatic carbocycles. The van der Waals surface area contributed by atoms with Gasteiger partial charge in [-0.05, 0) is 36.8 Å². The zero-order chi connectivity index (χ0) is 22.4. The van der Waals surface area contributed by atoms with Crippen LogP contribution in [0.2, 0.25) is 0 Å². The molecule has 1 aliphatic rings. The Hall–Kier alpha value is -3.97. The summed E-state index contributed by atoms with van der Waals surface area (Å²) in [5, 5.41) is 21.2. The van der Waals surface area contributed by atoms with Crippen LogP contribution in [-0.2, 0) is 9.59 Å². The number of aliphatic hydroxyl groups is 1. The third kappa shape index (κ3) is 3.23. The molecule has 1 saturated heterocycles. The number of rotatable bonds is 3. The van der Waals surface area contributed by atoms with E-state index < -0.39 is 17.7 Å². The number of amides is 1. The summed E-state index contributed by atoms with van der Waals surface area (Å²) in [6, 6.07) is 19.9. The predicted molar refractivity (Wildman–Crippen MR) is 124 cm³/mol. The van der Waals surface area contributed by atoms with Crippen LogP contribution in [0.4, 0.5) is 5.13 Å². The zero-order valence-electron chi connectivity index (χ0n) is 17.0. The first-order chi connectivity index (χ1) is 15.4. The lowest BCUT2D eigenvalue weighted by Crippen LogP contribution is -2.29. The number of carbonyl (C=O) groups is 2. The fraction of sp³-hybridized carbons (Fsp3) is 0.0800. The number of phenolic OH excluding ortho intramolecular Hbond substituents is 1. The Balaban J connectivity index is 1.73. The number of hydrogen-bond acceptors (Lipinski definition) is 6. The Labute approximate surface area is 187 Å². The van der Waals surface area contributed by atoms with Crippen LogP contribution in [-0.4, -0.2) is 26.9 Å². The van der Waals surface area contributed by atoms with E-state index in [-0.39, 0.29) is 17.1 Å². The first kappa shape index (κ1) is 20.0. The molecule has 1 atom stereocenters. The fourth-order valence-electron chi connectivity index (χ4n) is 3.83. The van der Waals surface area contributed by atoms with E-state index in [4.69, 9.17) is 0 Å². The number of aryl methyl sites for hydroxylation is 1. The van der Waals surface area contributed by atoms with Crippen molar-refractivity contribution in [3.8, 4) is 5.75 Å². The van der Waals surface area contributed by atoms with E-state index in [1.807, 2.05) is 43.3 Å². The van der Waals surface area contributed by atoms with Crippen LogP contribution in [0.5, 0.6) is 5.75 Å². The average molecular weight is 442 g/mol. The predicted octanol–water partition coefficient (Wildman–Crippen LogP) is 4.94. The Morgan fingerprint density at radius 3 is 2.34 bits per heavy atom. The van der Waals surface area contributed by atoms with Crippen LogP contribution < -0.4 is 4.90 Å². The summed E-state index contributed by atoms with van der Waals surface area (Å²) < 4.78 is 0.882. The maximum atomic E-state index is 13.2. The molecule has 158 valence electrons. The monoisotopic (exact) mass is 442 g/mol. The van der Waals surface area contributed by atoms with Gasteiger partial charge in [-0.25, -0.2) is 4.98 Å². The number of fused-ring (bicyclic) bond motifs is 1. The minimum atomic E-state index is -0.877. The molecule has 2 heterocycles. The number of phenols is 1. The van der Waals surface area contributed by atoms with E-state index in [0.717, 1.165) is 15.8 Å². The Morgan fingerprint density at radius 1 is 0.969 bits per heavy atom. The van der Waals surface area contributed by atoms with Gasteiger partial charge in [0.25, 0.3) is 5.78 Å². The molecule has 0 saturated carbocycles. The number of para-hydroxylation sites is 1. The van der Waals surface area contributed by atoms with Gasteiger partial charge in [-0.1, -0.05) is 65.4 Å². The molecule has 32 heavy (non-hydrogen) atoms. The highest BCUT2D eigenvalue weighted by Crippen LogP contribution is 2.44. The van der Waals surface area contributed by atoms with Crippen LogP contribution in [0.15, 0.2) is 78.4 Å². The van der Waals surface area contributed by atoms with Gasteiger partial charge >= 0.3 is 5.91 Å². The number of thiazole rings is 1. The van der Waals surface area contributed by atoms with E-state index in [9.17, 15) is 19.8 Å². The third-order valence-corrected chi connectivity index (χ3v) is 6.50. The fourth-order valence-corrected chi connectivity index (χ4v) is 4.82. The number of aromatic nitrogens is 1. The largest absolute Gasteiger partial charge is 0.508 e. The average Bonchev–Trinajstić information content (AvgIpc) is 3.33. The number of aromatic hydroxyl groups is 1. The van der Waals surface area contributed by atoms with E-state index in [2.05, 4.69) is 4.98 Å². The first-order valence-corrected chi connectivity index (χ1v) is 10.8. The van der Waals surface area contributed by atoms with Gasteiger partial charge in [0.2, 0.25) is 0 Å². The molecule has 1 aliphatic heterocycles. The maximum absolute atomic E-state index is 13.2. The van der Waals surface area contributed by atoms with E-state index in [0.29, 0.717) is 16.3 Å². The van der Waals surface area contributed by atoms with Gasteiger partial charge in [0, 0.05) is 5.56 Å². The van der Waals surface area contributed by atoms with Gasteiger partial charge < -0.3 is 10.2 Å². The summed E-state index contributed by atoms with van der Waals surface area (Å²) in [7, 11) is 0. The highest BCUT2D eigenvalue weighted by molar-refractivity contribution is 7.22. The lowest BCUT2D eigenvalue weighted by atomic mass is 9.95. The second kappa shape index (κ2) is 7.62. The number of aliphatic hydroxyl groups excluding tert-OH is 1. The number of hydrogen-bond donors (Lipinski definition) is 2. The minimum absolute atomic E-state index is 0.0104. The van der Waals surface area contributed by atoms with Gasteiger partial charge in [0.05, 0.1) is 21.8 Å². The second-order valence-corrected chi connectivity index (χ2v) is 8.60. The van der Waals surface area contributed by atoms with Crippen LogP contribution >= 0.6 is 11.3 Å². The standard InChI is InChI=1S/C25H18N2O4S/c1-14-6-8-16(9-7-14)22(29)20-21(15-10-12-17(28)13-11-15)27(24(31)23(20)30)25-26-18-4-2-3-5-19(18)32-25/h2-13,21,28-29H,1H3. The van der Waals surface area contributed by atoms with Gasteiger partial charge in [-0.15, -0.1) is 0 Å². The van der Waals surface area contributed by atoms with Crippen LogP contribution in [0.1, 0.15) is 22.7 Å². The molecule has 1 fully saturated rings. The van der Waals surface area contributed by atoms with E-state index in [1.165, 1.54) is 28.4 Å². The normalized spacial score (nSPS) is 17.9. The second-order valence-electron chi connectivity index (χ2n) is 7.59. The highest BCUT2D eigenvalue weighted by atomic mass is 32.1. The van der Waals surface area contributed by atoms with E-state index >= 15 is 0 Å². The van der Waals surface area contributed by atoms with Crippen molar-refractivity contribution in [2.24, 2.45) is 0 Å². The summed E-state index contributed by atoms with van der Waals surface area (Å²) in [5.41, 5.74) is 2.74. The Morgan fingerprint density at radius 2 is 1.66 bits per heavy atom.